The molecule has 0 radical (unpaired) electrons. The molecule has 1 aromatic heterocycles. The molecule has 0 bridgehead atoms. The summed E-state index contributed by atoms with van der Waals surface area (Å²) in [5.41, 5.74) is 3.07. The van der Waals surface area contributed by atoms with Crippen LogP contribution in [0.15, 0.2) is 71.9 Å². The summed E-state index contributed by atoms with van der Waals surface area (Å²) in [6.07, 6.45) is 3.07. The molecule has 0 spiro atoms. The zero-order valence-corrected chi connectivity index (χ0v) is 17.7. The molecular weight excluding hydrogens is 408 g/mol. The quantitative estimate of drug-likeness (QED) is 0.635. The highest BCUT2D eigenvalue weighted by Crippen LogP contribution is 2.29. The SMILES string of the molecule is Cc1ccc(C(=O)NCC(c2cccnc2)S(=O)(=O)c2ccc(Cl)cc2)cc1C. The van der Waals surface area contributed by atoms with E-state index < -0.39 is 15.1 Å². The summed E-state index contributed by atoms with van der Waals surface area (Å²) in [5.74, 6) is -0.326. The van der Waals surface area contributed by atoms with Crippen molar-refractivity contribution in [2.24, 2.45) is 0 Å². The lowest BCUT2D eigenvalue weighted by atomic mass is 10.1. The van der Waals surface area contributed by atoms with Crippen LogP contribution >= 0.6 is 11.6 Å². The van der Waals surface area contributed by atoms with Gasteiger partial charge in [0.2, 0.25) is 0 Å². The Kier molecular flexibility index (Phi) is 6.35. The van der Waals surface area contributed by atoms with Crippen LogP contribution in [0.4, 0.5) is 0 Å². The minimum Gasteiger partial charge on any atom is -0.350 e. The van der Waals surface area contributed by atoms with Gasteiger partial charge in [0.05, 0.1) is 4.90 Å². The lowest BCUT2D eigenvalue weighted by Gasteiger charge is -2.19. The van der Waals surface area contributed by atoms with Crippen LogP contribution in [0.5, 0.6) is 0 Å². The predicted octanol–water partition coefficient (Wildman–Crippen LogP) is 4.30. The van der Waals surface area contributed by atoms with E-state index in [9.17, 15) is 13.2 Å². The van der Waals surface area contributed by atoms with Crippen molar-refractivity contribution in [3.05, 3.63) is 94.3 Å². The number of halogens is 1. The van der Waals surface area contributed by atoms with E-state index in [1.807, 2.05) is 19.9 Å². The molecule has 1 atom stereocenters. The van der Waals surface area contributed by atoms with Crippen molar-refractivity contribution >= 4 is 27.3 Å². The number of carbonyl (C=O) groups excluding carboxylic acids is 1. The van der Waals surface area contributed by atoms with Crippen LogP contribution < -0.4 is 5.32 Å². The van der Waals surface area contributed by atoms with Gasteiger partial charge in [0.25, 0.3) is 5.91 Å². The van der Waals surface area contributed by atoms with Crippen molar-refractivity contribution in [2.75, 3.05) is 6.54 Å². The molecule has 1 unspecified atom stereocenters. The number of amides is 1. The molecule has 2 aromatic carbocycles. The molecule has 0 aliphatic rings. The number of hydrogen-bond donors (Lipinski definition) is 1. The van der Waals surface area contributed by atoms with Crippen LogP contribution in [0.2, 0.25) is 5.02 Å². The van der Waals surface area contributed by atoms with E-state index >= 15 is 0 Å². The summed E-state index contributed by atoms with van der Waals surface area (Å²) >= 11 is 5.89. The first-order valence-electron chi connectivity index (χ1n) is 9.04. The summed E-state index contributed by atoms with van der Waals surface area (Å²) in [7, 11) is -3.78. The number of nitrogens with zero attached hydrogens (tertiary/aromatic N) is 1. The second-order valence-electron chi connectivity index (χ2n) is 6.78. The molecule has 3 aromatic rings. The maximum absolute atomic E-state index is 13.3. The summed E-state index contributed by atoms with van der Waals surface area (Å²) in [4.78, 5) is 16.8. The molecule has 0 saturated carbocycles. The molecule has 0 aliphatic heterocycles. The number of rotatable bonds is 6. The monoisotopic (exact) mass is 428 g/mol. The third kappa shape index (κ3) is 4.83. The van der Waals surface area contributed by atoms with Gasteiger partial charge in [-0.2, -0.15) is 0 Å². The van der Waals surface area contributed by atoms with E-state index in [0.29, 0.717) is 16.1 Å². The number of aromatic nitrogens is 1. The Bertz CT molecular complexity index is 1110. The second kappa shape index (κ2) is 8.76. The zero-order valence-electron chi connectivity index (χ0n) is 16.1. The Morgan fingerprint density at radius 3 is 2.41 bits per heavy atom. The Hall–Kier alpha value is -2.70. The fourth-order valence-electron chi connectivity index (χ4n) is 2.93. The van der Waals surface area contributed by atoms with Gasteiger partial charge in [-0.05, 0) is 73.0 Å². The standard InChI is InChI=1S/C22H21ClN2O3S/c1-15-5-6-17(12-16(15)2)22(26)25-14-21(18-4-3-11-24-13-18)29(27,28)20-9-7-19(23)8-10-20/h3-13,21H,14H2,1-2H3,(H,25,26). The molecule has 1 heterocycles. The van der Waals surface area contributed by atoms with Crippen molar-refractivity contribution in [1.29, 1.82) is 0 Å². The number of nitrogens with one attached hydrogen (secondary N) is 1. The highest BCUT2D eigenvalue weighted by atomic mass is 35.5. The average molecular weight is 429 g/mol. The molecule has 3 rings (SSSR count). The minimum absolute atomic E-state index is 0.0809. The largest absolute Gasteiger partial charge is 0.350 e. The van der Waals surface area contributed by atoms with Crippen LogP contribution in [0, 0.1) is 13.8 Å². The number of benzene rings is 2. The summed E-state index contributed by atoms with van der Waals surface area (Å²) in [6.45, 7) is 3.81. The lowest BCUT2D eigenvalue weighted by Crippen LogP contribution is -2.32. The number of pyridine rings is 1. The number of carbonyl (C=O) groups is 1. The number of hydrogen-bond acceptors (Lipinski definition) is 4. The Morgan fingerprint density at radius 1 is 1.07 bits per heavy atom. The molecule has 0 fully saturated rings. The molecule has 1 N–H and O–H groups in total. The first kappa shape index (κ1) is 21.0. The maximum Gasteiger partial charge on any atom is 0.251 e. The molecule has 1 amide bonds. The Labute approximate surface area is 175 Å². The van der Waals surface area contributed by atoms with Gasteiger partial charge in [-0.3, -0.25) is 9.78 Å². The van der Waals surface area contributed by atoms with Crippen molar-refractivity contribution in [3.63, 3.8) is 0 Å². The van der Waals surface area contributed by atoms with Crippen LogP contribution in [0.25, 0.3) is 0 Å². The molecule has 5 nitrogen and oxygen atoms in total. The molecular formula is C22H21ClN2O3S. The highest BCUT2D eigenvalue weighted by Gasteiger charge is 2.30. The van der Waals surface area contributed by atoms with Gasteiger partial charge < -0.3 is 5.32 Å². The number of aryl methyl sites for hydroxylation is 2. The third-order valence-electron chi connectivity index (χ3n) is 4.79. The van der Waals surface area contributed by atoms with Gasteiger partial charge in [-0.1, -0.05) is 23.7 Å². The van der Waals surface area contributed by atoms with Gasteiger partial charge in [0, 0.05) is 29.5 Å². The van der Waals surface area contributed by atoms with Crippen LogP contribution in [0.3, 0.4) is 0 Å². The fraction of sp³-hybridized carbons (Fsp3) is 0.182. The van der Waals surface area contributed by atoms with E-state index in [0.717, 1.165) is 11.1 Å². The van der Waals surface area contributed by atoms with Crippen molar-refractivity contribution in [3.8, 4) is 0 Å². The summed E-state index contributed by atoms with van der Waals surface area (Å²) in [5, 5.41) is 2.23. The van der Waals surface area contributed by atoms with Gasteiger partial charge in [-0.25, -0.2) is 8.42 Å². The van der Waals surface area contributed by atoms with Crippen LogP contribution in [0.1, 0.15) is 32.3 Å². The van der Waals surface area contributed by atoms with Gasteiger partial charge in [0.15, 0.2) is 9.84 Å². The normalized spacial score (nSPS) is 12.4. The Balaban J connectivity index is 1.89. The van der Waals surface area contributed by atoms with Crippen LogP contribution in [-0.4, -0.2) is 25.9 Å². The highest BCUT2D eigenvalue weighted by molar-refractivity contribution is 7.91. The van der Waals surface area contributed by atoms with Crippen molar-refractivity contribution in [2.45, 2.75) is 24.0 Å². The molecule has 29 heavy (non-hydrogen) atoms. The maximum atomic E-state index is 13.3. The second-order valence-corrected chi connectivity index (χ2v) is 9.35. The zero-order chi connectivity index (χ0) is 21.0. The molecule has 150 valence electrons. The smallest absolute Gasteiger partial charge is 0.251 e. The Morgan fingerprint density at radius 2 is 1.79 bits per heavy atom. The van der Waals surface area contributed by atoms with Gasteiger partial charge >= 0.3 is 0 Å². The van der Waals surface area contributed by atoms with E-state index in [4.69, 9.17) is 11.6 Å². The number of sulfone groups is 1. The topological polar surface area (TPSA) is 76.1 Å². The van der Waals surface area contributed by atoms with E-state index in [2.05, 4.69) is 10.3 Å². The average Bonchev–Trinajstić information content (AvgIpc) is 2.71. The third-order valence-corrected chi connectivity index (χ3v) is 7.16. The fourth-order valence-corrected chi connectivity index (χ4v) is 4.70. The minimum atomic E-state index is -3.78. The lowest BCUT2D eigenvalue weighted by molar-refractivity contribution is 0.0953. The van der Waals surface area contributed by atoms with Crippen molar-refractivity contribution < 1.29 is 13.2 Å². The van der Waals surface area contributed by atoms with E-state index in [1.54, 1.807) is 30.5 Å². The van der Waals surface area contributed by atoms with Gasteiger partial charge in [0.1, 0.15) is 5.25 Å². The van der Waals surface area contributed by atoms with E-state index in [-0.39, 0.29) is 17.3 Å². The first-order valence-corrected chi connectivity index (χ1v) is 11.0. The molecule has 0 saturated heterocycles. The molecule has 0 aliphatic carbocycles. The summed E-state index contributed by atoms with van der Waals surface area (Å²) in [6, 6.07) is 14.7. The molecule has 7 heteroatoms. The summed E-state index contributed by atoms with van der Waals surface area (Å²) < 4.78 is 26.5. The van der Waals surface area contributed by atoms with Gasteiger partial charge in [-0.15, -0.1) is 0 Å². The van der Waals surface area contributed by atoms with Crippen molar-refractivity contribution in [1.82, 2.24) is 10.3 Å². The predicted molar refractivity (Wildman–Crippen MR) is 114 cm³/mol. The van der Waals surface area contributed by atoms with Crippen LogP contribution in [-0.2, 0) is 9.84 Å². The van der Waals surface area contributed by atoms with E-state index in [1.165, 1.54) is 30.5 Å². The first-order chi connectivity index (χ1) is 13.8.